The van der Waals surface area contributed by atoms with Gasteiger partial charge in [0.15, 0.2) is 18.2 Å². The molecule has 1 aromatic carbocycles. The smallest absolute Gasteiger partial charge is 0.258 e. The van der Waals surface area contributed by atoms with Gasteiger partial charge in [0.25, 0.3) is 5.91 Å². The van der Waals surface area contributed by atoms with E-state index in [1.165, 1.54) is 19.1 Å². The molecule has 0 radical (unpaired) electrons. The van der Waals surface area contributed by atoms with E-state index in [9.17, 15) is 14.3 Å². The number of aliphatic hydroxyl groups excluding tert-OH is 1. The first-order chi connectivity index (χ1) is 8.54. The minimum Gasteiger partial charge on any atom is -0.481 e. The number of hydrogen-bond donors (Lipinski definition) is 2. The number of nitriles is 1. The second-order valence-corrected chi connectivity index (χ2v) is 3.59. The normalized spacial score (nSPS) is 11.4. The molecule has 1 unspecified atom stereocenters. The Bertz CT molecular complexity index is 469. The lowest BCUT2D eigenvalue weighted by Crippen LogP contribution is -2.29. The van der Waals surface area contributed by atoms with Crippen molar-refractivity contribution >= 4 is 5.91 Å². The Balaban J connectivity index is 2.58. The number of halogens is 1. The fourth-order valence-corrected chi connectivity index (χ4v) is 1.23. The second-order valence-electron chi connectivity index (χ2n) is 3.59. The zero-order chi connectivity index (χ0) is 13.5. The van der Waals surface area contributed by atoms with Crippen molar-refractivity contribution < 1.29 is 19.0 Å². The molecule has 0 aliphatic heterocycles. The third-order valence-corrected chi connectivity index (χ3v) is 2.16. The number of benzene rings is 1. The van der Waals surface area contributed by atoms with Gasteiger partial charge >= 0.3 is 0 Å². The third kappa shape index (κ3) is 4.03. The summed E-state index contributed by atoms with van der Waals surface area (Å²) in [6.45, 7) is 1.03. The average molecular weight is 252 g/mol. The first-order valence-corrected chi connectivity index (χ1v) is 5.28. The molecule has 1 amide bonds. The van der Waals surface area contributed by atoms with Crippen LogP contribution in [0.3, 0.4) is 0 Å². The molecule has 0 spiro atoms. The van der Waals surface area contributed by atoms with Crippen LogP contribution in [0.5, 0.6) is 5.75 Å². The largest absolute Gasteiger partial charge is 0.481 e. The molecule has 0 bridgehead atoms. The topological polar surface area (TPSA) is 82.3 Å². The Hall–Kier alpha value is -2.13. The highest BCUT2D eigenvalue weighted by Gasteiger charge is 2.09. The summed E-state index contributed by atoms with van der Waals surface area (Å²) in [5, 5.41) is 19.8. The van der Waals surface area contributed by atoms with Gasteiger partial charge in [-0.15, -0.1) is 0 Å². The van der Waals surface area contributed by atoms with Crippen LogP contribution >= 0.6 is 0 Å². The van der Waals surface area contributed by atoms with Crippen LogP contribution in [0.4, 0.5) is 4.39 Å². The highest BCUT2D eigenvalue weighted by molar-refractivity contribution is 5.77. The van der Waals surface area contributed by atoms with E-state index < -0.39 is 17.8 Å². The Morgan fingerprint density at radius 1 is 1.67 bits per heavy atom. The number of aliphatic hydroxyl groups is 1. The summed E-state index contributed by atoms with van der Waals surface area (Å²) >= 11 is 0. The summed E-state index contributed by atoms with van der Waals surface area (Å²) in [7, 11) is 0. The number of ether oxygens (including phenoxy) is 1. The number of rotatable bonds is 5. The van der Waals surface area contributed by atoms with Crippen LogP contribution in [-0.2, 0) is 4.79 Å². The zero-order valence-corrected chi connectivity index (χ0v) is 9.81. The summed E-state index contributed by atoms with van der Waals surface area (Å²) < 4.78 is 18.4. The molecule has 5 nitrogen and oxygen atoms in total. The number of nitrogens with zero attached hydrogens (tertiary/aromatic N) is 1. The highest BCUT2D eigenvalue weighted by Crippen LogP contribution is 2.21. The molecule has 0 saturated heterocycles. The molecular weight excluding hydrogens is 239 g/mol. The molecule has 0 aliphatic rings. The molecule has 1 rings (SSSR count). The zero-order valence-electron chi connectivity index (χ0n) is 9.81. The van der Waals surface area contributed by atoms with E-state index in [0.29, 0.717) is 5.56 Å². The van der Waals surface area contributed by atoms with Gasteiger partial charge in [-0.05, 0) is 24.6 Å². The monoisotopic (exact) mass is 252 g/mol. The lowest BCUT2D eigenvalue weighted by atomic mass is 10.1. The first-order valence-electron chi connectivity index (χ1n) is 5.28. The number of carbonyl (C=O) groups excluding carboxylic acids is 1. The van der Waals surface area contributed by atoms with Crippen LogP contribution < -0.4 is 10.1 Å². The van der Waals surface area contributed by atoms with Crippen LogP contribution in [0, 0.1) is 17.1 Å². The van der Waals surface area contributed by atoms with Crippen molar-refractivity contribution in [2.24, 2.45) is 0 Å². The van der Waals surface area contributed by atoms with Crippen LogP contribution in [0.15, 0.2) is 18.2 Å². The van der Waals surface area contributed by atoms with E-state index in [1.54, 1.807) is 6.07 Å². The molecule has 0 aliphatic carbocycles. The van der Waals surface area contributed by atoms with Gasteiger partial charge in [-0.25, -0.2) is 4.39 Å². The van der Waals surface area contributed by atoms with Crippen LogP contribution in [-0.4, -0.2) is 24.2 Å². The third-order valence-electron chi connectivity index (χ3n) is 2.16. The predicted molar refractivity (Wildman–Crippen MR) is 61.2 cm³/mol. The van der Waals surface area contributed by atoms with Gasteiger partial charge in [0.1, 0.15) is 6.54 Å². The summed E-state index contributed by atoms with van der Waals surface area (Å²) in [6, 6.07) is 5.74. The van der Waals surface area contributed by atoms with Crippen LogP contribution in [0.1, 0.15) is 18.6 Å². The maximum Gasteiger partial charge on any atom is 0.258 e. The van der Waals surface area contributed by atoms with Crippen molar-refractivity contribution in [1.29, 1.82) is 5.26 Å². The van der Waals surface area contributed by atoms with Crippen molar-refractivity contribution in [3.63, 3.8) is 0 Å². The fourth-order valence-electron chi connectivity index (χ4n) is 1.23. The minimum absolute atomic E-state index is 0.0773. The standard InChI is InChI=1S/C12H13FN2O3/c1-8(16)9-2-3-11(10(13)6-9)18-7-12(17)15-5-4-14/h2-3,6,8,16H,5,7H2,1H3,(H,15,17). The summed E-state index contributed by atoms with van der Waals surface area (Å²) in [5.74, 6) is -1.23. The van der Waals surface area contributed by atoms with Crippen molar-refractivity contribution in [3.05, 3.63) is 29.6 Å². The molecule has 96 valence electrons. The molecule has 2 N–H and O–H groups in total. The van der Waals surface area contributed by atoms with Crippen LogP contribution in [0.25, 0.3) is 0 Å². The number of nitrogens with one attached hydrogen (secondary N) is 1. The summed E-state index contributed by atoms with van der Waals surface area (Å²) in [5.41, 5.74) is 0.425. The Morgan fingerprint density at radius 2 is 2.39 bits per heavy atom. The van der Waals surface area contributed by atoms with Gasteiger partial charge < -0.3 is 15.2 Å². The Kier molecular flexibility index (Phi) is 5.08. The van der Waals surface area contributed by atoms with E-state index in [2.05, 4.69) is 5.32 Å². The van der Waals surface area contributed by atoms with Gasteiger partial charge in [0.2, 0.25) is 0 Å². The molecule has 6 heteroatoms. The number of carbonyl (C=O) groups is 1. The maximum atomic E-state index is 13.5. The average Bonchev–Trinajstić information content (AvgIpc) is 2.34. The lowest BCUT2D eigenvalue weighted by Gasteiger charge is -2.09. The fraction of sp³-hybridized carbons (Fsp3) is 0.333. The van der Waals surface area contributed by atoms with Crippen molar-refractivity contribution in [3.8, 4) is 11.8 Å². The van der Waals surface area contributed by atoms with Crippen molar-refractivity contribution in [2.75, 3.05) is 13.2 Å². The van der Waals surface area contributed by atoms with E-state index in [-0.39, 0.29) is 18.9 Å². The lowest BCUT2D eigenvalue weighted by molar-refractivity contribution is -0.122. The quantitative estimate of drug-likeness (QED) is 0.763. The Labute approximate surface area is 104 Å². The van der Waals surface area contributed by atoms with E-state index in [4.69, 9.17) is 10.00 Å². The van der Waals surface area contributed by atoms with Gasteiger partial charge in [0.05, 0.1) is 12.2 Å². The molecule has 1 aromatic rings. The molecule has 18 heavy (non-hydrogen) atoms. The van der Waals surface area contributed by atoms with E-state index >= 15 is 0 Å². The van der Waals surface area contributed by atoms with Crippen LogP contribution in [0.2, 0.25) is 0 Å². The summed E-state index contributed by atoms with van der Waals surface area (Å²) in [4.78, 5) is 11.1. The molecular formula is C12H13FN2O3. The SMILES string of the molecule is CC(O)c1ccc(OCC(=O)NCC#N)c(F)c1. The van der Waals surface area contributed by atoms with E-state index in [1.807, 2.05) is 0 Å². The molecule has 1 atom stereocenters. The second kappa shape index (κ2) is 6.57. The number of hydrogen-bond acceptors (Lipinski definition) is 4. The van der Waals surface area contributed by atoms with Gasteiger partial charge in [-0.2, -0.15) is 5.26 Å². The molecule has 0 heterocycles. The Morgan fingerprint density at radius 3 is 2.94 bits per heavy atom. The van der Waals surface area contributed by atoms with Gasteiger partial charge in [-0.3, -0.25) is 4.79 Å². The van der Waals surface area contributed by atoms with Gasteiger partial charge in [0, 0.05) is 0 Å². The van der Waals surface area contributed by atoms with Crippen molar-refractivity contribution in [1.82, 2.24) is 5.32 Å². The van der Waals surface area contributed by atoms with E-state index in [0.717, 1.165) is 6.07 Å². The van der Waals surface area contributed by atoms with Crippen molar-refractivity contribution in [2.45, 2.75) is 13.0 Å². The molecule has 0 saturated carbocycles. The van der Waals surface area contributed by atoms with Gasteiger partial charge in [-0.1, -0.05) is 6.07 Å². The first kappa shape index (κ1) is 13.9. The minimum atomic E-state index is -0.771. The molecule has 0 aromatic heterocycles. The molecule has 0 fully saturated rings. The highest BCUT2D eigenvalue weighted by atomic mass is 19.1. The number of amides is 1. The predicted octanol–water partition coefficient (Wildman–Crippen LogP) is 0.898. The summed E-state index contributed by atoms with van der Waals surface area (Å²) in [6.07, 6.45) is -0.771. The maximum absolute atomic E-state index is 13.5.